The van der Waals surface area contributed by atoms with Gasteiger partial charge in [-0.3, -0.25) is 20.2 Å². The summed E-state index contributed by atoms with van der Waals surface area (Å²) in [6.07, 6.45) is 0. The molecule has 6 nitrogen and oxygen atoms in total. The van der Waals surface area contributed by atoms with E-state index >= 15 is 0 Å². The van der Waals surface area contributed by atoms with E-state index in [9.17, 15) is 20.2 Å². The Balaban J connectivity index is 2.46. The van der Waals surface area contributed by atoms with E-state index in [4.69, 9.17) is 0 Å². The van der Waals surface area contributed by atoms with Crippen molar-refractivity contribution in [3.05, 3.63) is 88.8 Å². The number of rotatable bonds is 7. The Labute approximate surface area is 155 Å². The van der Waals surface area contributed by atoms with E-state index in [1.165, 1.54) is 0 Å². The Morgan fingerprint density at radius 1 is 0.708 bits per heavy atom. The van der Waals surface area contributed by atoms with Crippen molar-refractivity contribution in [3.63, 3.8) is 0 Å². The highest BCUT2D eigenvalue weighted by Gasteiger charge is 2.33. The Morgan fingerprint density at radius 2 is 1.00 bits per heavy atom. The minimum absolute atomic E-state index is 0.365. The van der Waals surface area contributed by atoms with Crippen LogP contribution in [0.15, 0.2) is 57.5 Å². The number of nitrogens with zero attached hydrogens (tertiary/aromatic N) is 2. The van der Waals surface area contributed by atoms with Gasteiger partial charge >= 0.3 is 0 Å². The number of nitro groups is 2. The first kappa shape index (κ1) is 18.5. The smallest absolute Gasteiger partial charge is 0.211 e. The zero-order chi connectivity index (χ0) is 17.7. The second-order valence-corrected chi connectivity index (χ2v) is 7.18. The highest BCUT2D eigenvalue weighted by atomic mass is 79.9. The van der Waals surface area contributed by atoms with Crippen molar-refractivity contribution in [2.75, 3.05) is 13.1 Å². The molecule has 0 aliphatic rings. The van der Waals surface area contributed by atoms with Gasteiger partial charge in [-0.25, -0.2) is 0 Å². The van der Waals surface area contributed by atoms with Crippen LogP contribution in [0.3, 0.4) is 0 Å². The molecule has 0 N–H and O–H groups in total. The van der Waals surface area contributed by atoms with Gasteiger partial charge in [-0.05, 0) is 35.4 Å². The number of hydrogen-bond donors (Lipinski definition) is 0. The van der Waals surface area contributed by atoms with Crippen molar-refractivity contribution in [3.8, 4) is 0 Å². The summed E-state index contributed by atoms with van der Waals surface area (Å²) >= 11 is 6.66. The lowest BCUT2D eigenvalue weighted by atomic mass is 9.81. The van der Waals surface area contributed by atoms with Crippen molar-refractivity contribution >= 4 is 31.9 Å². The molecule has 0 fully saturated rings. The number of hydrogen-bond acceptors (Lipinski definition) is 4. The summed E-state index contributed by atoms with van der Waals surface area (Å²) in [4.78, 5) is 21.5. The molecule has 0 aliphatic carbocycles. The molecular weight excluding hydrogens is 444 g/mol. The molecule has 8 heteroatoms. The molecule has 2 aromatic rings. The summed E-state index contributed by atoms with van der Waals surface area (Å²) in [7, 11) is 0. The zero-order valence-electron chi connectivity index (χ0n) is 12.5. The first-order valence-corrected chi connectivity index (χ1v) is 8.70. The third kappa shape index (κ3) is 5.10. The van der Waals surface area contributed by atoms with Crippen LogP contribution in [0.1, 0.15) is 23.0 Å². The van der Waals surface area contributed by atoms with Crippen LogP contribution in [-0.2, 0) is 0 Å². The van der Waals surface area contributed by atoms with Crippen molar-refractivity contribution < 1.29 is 9.85 Å². The van der Waals surface area contributed by atoms with E-state index in [0.717, 1.165) is 8.95 Å². The maximum atomic E-state index is 11.1. The molecule has 0 aromatic heterocycles. The van der Waals surface area contributed by atoms with Crippen molar-refractivity contribution in [1.82, 2.24) is 0 Å². The third-order valence-corrected chi connectivity index (χ3v) is 4.83. The maximum Gasteiger partial charge on any atom is 0.211 e. The predicted molar refractivity (Wildman–Crippen MR) is 97.5 cm³/mol. The van der Waals surface area contributed by atoms with Gasteiger partial charge in [-0.1, -0.05) is 56.1 Å². The summed E-state index contributed by atoms with van der Waals surface area (Å²) in [5, 5.41) is 22.3. The monoisotopic (exact) mass is 456 g/mol. The van der Waals surface area contributed by atoms with E-state index in [1.54, 1.807) is 48.5 Å². The molecule has 0 saturated heterocycles. The van der Waals surface area contributed by atoms with Gasteiger partial charge in [-0.2, -0.15) is 0 Å². The van der Waals surface area contributed by atoms with Crippen LogP contribution in [0.25, 0.3) is 0 Å². The second kappa shape index (κ2) is 8.34. The quantitative estimate of drug-likeness (QED) is 0.447. The molecule has 2 aromatic carbocycles. The van der Waals surface area contributed by atoms with Crippen molar-refractivity contribution in [2.24, 2.45) is 0 Å². The molecule has 0 amide bonds. The van der Waals surface area contributed by atoms with Gasteiger partial charge in [0.05, 0.1) is 11.8 Å². The third-order valence-electron chi connectivity index (χ3n) is 3.77. The predicted octanol–water partition coefficient (Wildman–Crippen LogP) is 4.63. The summed E-state index contributed by atoms with van der Waals surface area (Å²) in [6.45, 7) is -0.730. The molecule has 0 radical (unpaired) electrons. The normalized spacial score (nSPS) is 13.2. The largest absolute Gasteiger partial charge is 0.265 e. The van der Waals surface area contributed by atoms with Gasteiger partial charge in [0.1, 0.15) is 0 Å². The Kier molecular flexibility index (Phi) is 6.44. The standard InChI is InChI=1S/C16H14Br2N2O4/c17-13-5-1-11(2-6-13)15(9-19(21)22)16(10-20(23)24)12-3-7-14(18)8-4-12/h1-8,15-16H,9-10H2/t15-,16-/m0/s1. The van der Waals surface area contributed by atoms with E-state index in [-0.39, 0.29) is 13.1 Å². The lowest BCUT2D eigenvalue weighted by Crippen LogP contribution is -2.25. The molecular formula is C16H14Br2N2O4. The summed E-state index contributed by atoms with van der Waals surface area (Å²) < 4.78 is 1.70. The van der Waals surface area contributed by atoms with Crippen LogP contribution < -0.4 is 0 Å². The van der Waals surface area contributed by atoms with E-state index in [0.29, 0.717) is 11.1 Å². The summed E-state index contributed by atoms with van der Waals surface area (Å²) in [5.74, 6) is -1.17. The average Bonchev–Trinajstić information content (AvgIpc) is 2.52. The van der Waals surface area contributed by atoms with Crippen LogP contribution in [0.4, 0.5) is 0 Å². The lowest BCUT2D eigenvalue weighted by Gasteiger charge is -2.22. The van der Waals surface area contributed by atoms with Crippen LogP contribution in [-0.4, -0.2) is 22.9 Å². The van der Waals surface area contributed by atoms with Crippen molar-refractivity contribution in [1.29, 1.82) is 0 Å². The van der Waals surface area contributed by atoms with Crippen LogP contribution in [0.5, 0.6) is 0 Å². The van der Waals surface area contributed by atoms with Crippen molar-refractivity contribution in [2.45, 2.75) is 11.8 Å². The SMILES string of the molecule is O=[N+]([O-])C[C@@H](c1ccc(Br)cc1)[C@@H](C[N+](=O)[O-])c1ccc(Br)cc1. The maximum absolute atomic E-state index is 11.1. The Hall–Kier alpha value is -1.80. The van der Waals surface area contributed by atoms with Gasteiger partial charge in [0.25, 0.3) is 0 Å². The van der Waals surface area contributed by atoms with E-state index < -0.39 is 21.7 Å². The first-order valence-electron chi connectivity index (χ1n) is 7.11. The minimum atomic E-state index is -0.584. The molecule has 0 unspecified atom stereocenters. The molecule has 0 heterocycles. The summed E-state index contributed by atoms with van der Waals surface area (Å²) in [5.41, 5.74) is 1.43. The highest BCUT2D eigenvalue weighted by Crippen LogP contribution is 2.34. The topological polar surface area (TPSA) is 86.3 Å². The number of benzene rings is 2. The van der Waals surface area contributed by atoms with Crippen LogP contribution in [0.2, 0.25) is 0 Å². The fourth-order valence-electron chi connectivity index (χ4n) is 2.67. The van der Waals surface area contributed by atoms with Gasteiger partial charge in [0, 0.05) is 18.8 Å². The first-order chi connectivity index (χ1) is 11.4. The molecule has 0 bridgehead atoms. The minimum Gasteiger partial charge on any atom is -0.265 e. The molecule has 24 heavy (non-hydrogen) atoms. The molecule has 0 spiro atoms. The molecule has 2 rings (SSSR count). The molecule has 0 saturated carbocycles. The van der Waals surface area contributed by atoms with Gasteiger partial charge in [-0.15, -0.1) is 0 Å². The zero-order valence-corrected chi connectivity index (χ0v) is 15.6. The van der Waals surface area contributed by atoms with Gasteiger partial charge < -0.3 is 0 Å². The highest BCUT2D eigenvalue weighted by molar-refractivity contribution is 9.10. The number of halogens is 2. The lowest BCUT2D eigenvalue weighted by molar-refractivity contribution is -0.498. The molecule has 126 valence electrons. The Morgan fingerprint density at radius 3 is 1.25 bits per heavy atom. The average molecular weight is 458 g/mol. The molecule has 2 atom stereocenters. The second-order valence-electron chi connectivity index (χ2n) is 5.35. The van der Waals surface area contributed by atoms with Gasteiger partial charge in [0.2, 0.25) is 13.1 Å². The van der Waals surface area contributed by atoms with Crippen LogP contribution in [0, 0.1) is 20.2 Å². The van der Waals surface area contributed by atoms with Gasteiger partial charge in [0.15, 0.2) is 0 Å². The van der Waals surface area contributed by atoms with E-state index in [1.807, 2.05) is 0 Å². The fraction of sp³-hybridized carbons (Fsp3) is 0.250. The Bertz CT molecular complexity index is 656. The fourth-order valence-corrected chi connectivity index (χ4v) is 3.20. The molecule has 0 aliphatic heterocycles. The van der Waals surface area contributed by atoms with E-state index in [2.05, 4.69) is 31.9 Å². The summed E-state index contributed by atoms with van der Waals surface area (Å²) in [6, 6.07) is 14.2. The van der Waals surface area contributed by atoms with Crippen LogP contribution >= 0.6 is 31.9 Å².